The normalized spacial score (nSPS) is 18.8. The number of halogens is 1. The Kier molecular flexibility index (Phi) is 3.81. The van der Waals surface area contributed by atoms with Gasteiger partial charge in [0.1, 0.15) is 5.82 Å². The van der Waals surface area contributed by atoms with Crippen molar-refractivity contribution >= 4 is 0 Å². The van der Waals surface area contributed by atoms with Crippen LogP contribution in [0.15, 0.2) is 48.5 Å². The first-order valence-corrected chi connectivity index (χ1v) is 7.07. The average molecular weight is 270 g/mol. The van der Waals surface area contributed by atoms with E-state index in [-0.39, 0.29) is 11.9 Å². The van der Waals surface area contributed by atoms with Crippen molar-refractivity contribution < 1.29 is 4.39 Å². The molecule has 0 radical (unpaired) electrons. The van der Waals surface area contributed by atoms with Gasteiger partial charge < -0.3 is 0 Å². The van der Waals surface area contributed by atoms with Gasteiger partial charge in [-0.1, -0.05) is 42.5 Å². The van der Waals surface area contributed by atoms with Crippen molar-refractivity contribution in [2.75, 3.05) is 0 Å². The summed E-state index contributed by atoms with van der Waals surface area (Å²) >= 11 is 0. The number of hydrazine groups is 1. The fourth-order valence-electron chi connectivity index (χ4n) is 3.23. The van der Waals surface area contributed by atoms with E-state index < -0.39 is 0 Å². The molecule has 0 bridgehead atoms. The summed E-state index contributed by atoms with van der Waals surface area (Å²) in [4.78, 5) is 0. The summed E-state index contributed by atoms with van der Waals surface area (Å²) in [6, 6.07) is 15.5. The first kappa shape index (κ1) is 13.3. The number of benzene rings is 2. The van der Waals surface area contributed by atoms with Gasteiger partial charge in [-0.2, -0.15) is 0 Å². The molecule has 1 aliphatic rings. The molecule has 0 saturated heterocycles. The van der Waals surface area contributed by atoms with Gasteiger partial charge in [-0.15, -0.1) is 0 Å². The van der Waals surface area contributed by atoms with Crippen LogP contribution in [-0.4, -0.2) is 6.04 Å². The Labute approximate surface area is 118 Å². The van der Waals surface area contributed by atoms with Crippen molar-refractivity contribution in [3.63, 3.8) is 0 Å². The third-order valence-electron chi connectivity index (χ3n) is 4.28. The quantitative estimate of drug-likeness (QED) is 0.662. The number of rotatable bonds is 4. The van der Waals surface area contributed by atoms with E-state index >= 15 is 0 Å². The molecule has 0 aromatic heterocycles. The van der Waals surface area contributed by atoms with Crippen LogP contribution in [0.5, 0.6) is 0 Å². The van der Waals surface area contributed by atoms with Crippen molar-refractivity contribution in [2.45, 2.75) is 31.2 Å². The average Bonchev–Trinajstić information content (AvgIpc) is 2.90. The standard InChI is InChI=1S/C17H19FN2/c18-16-8-4-2-6-13(16)11-17(20-19)15-10-9-12-5-1-3-7-14(12)15/h1-8,15,17,20H,9-11,19H2. The van der Waals surface area contributed by atoms with Crippen LogP contribution in [-0.2, 0) is 12.8 Å². The molecule has 3 N–H and O–H groups in total. The Hall–Kier alpha value is -1.71. The number of nitrogens with one attached hydrogen (secondary N) is 1. The maximum absolute atomic E-state index is 13.8. The van der Waals surface area contributed by atoms with E-state index in [1.165, 1.54) is 17.2 Å². The van der Waals surface area contributed by atoms with Gasteiger partial charge >= 0.3 is 0 Å². The number of aryl methyl sites for hydroxylation is 1. The highest BCUT2D eigenvalue weighted by atomic mass is 19.1. The van der Waals surface area contributed by atoms with E-state index in [0.717, 1.165) is 18.4 Å². The first-order chi connectivity index (χ1) is 9.79. The van der Waals surface area contributed by atoms with E-state index in [4.69, 9.17) is 5.84 Å². The predicted molar refractivity (Wildman–Crippen MR) is 78.7 cm³/mol. The van der Waals surface area contributed by atoms with Crippen molar-refractivity contribution in [3.05, 3.63) is 71.0 Å². The zero-order chi connectivity index (χ0) is 13.9. The summed E-state index contributed by atoms with van der Waals surface area (Å²) < 4.78 is 13.8. The molecular weight excluding hydrogens is 251 g/mol. The van der Waals surface area contributed by atoms with Crippen LogP contribution in [0, 0.1) is 5.82 Å². The summed E-state index contributed by atoms with van der Waals surface area (Å²) in [5.74, 6) is 5.94. The molecule has 0 amide bonds. The fraction of sp³-hybridized carbons (Fsp3) is 0.294. The number of fused-ring (bicyclic) bond motifs is 1. The maximum Gasteiger partial charge on any atom is 0.126 e. The second kappa shape index (κ2) is 5.73. The number of hydrogen-bond donors (Lipinski definition) is 2. The second-order valence-corrected chi connectivity index (χ2v) is 5.41. The lowest BCUT2D eigenvalue weighted by molar-refractivity contribution is 0.428. The van der Waals surface area contributed by atoms with Gasteiger partial charge in [-0.25, -0.2) is 4.39 Å². The first-order valence-electron chi connectivity index (χ1n) is 7.07. The minimum atomic E-state index is -0.154. The van der Waals surface area contributed by atoms with Crippen molar-refractivity contribution in [3.8, 4) is 0 Å². The minimum Gasteiger partial charge on any atom is -0.271 e. The van der Waals surface area contributed by atoms with Gasteiger partial charge in [-0.3, -0.25) is 11.3 Å². The zero-order valence-corrected chi connectivity index (χ0v) is 11.4. The monoisotopic (exact) mass is 270 g/mol. The Balaban J connectivity index is 1.83. The van der Waals surface area contributed by atoms with Crippen molar-refractivity contribution in [1.29, 1.82) is 0 Å². The summed E-state index contributed by atoms with van der Waals surface area (Å²) in [5, 5.41) is 0. The molecule has 20 heavy (non-hydrogen) atoms. The molecule has 3 heteroatoms. The van der Waals surface area contributed by atoms with Crippen LogP contribution in [0.1, 0.15) is 29.0 Å². The predicted octanol–water partition coefficient (Wildman–Crippen LogP) is 2.93. The van der Waals surface area contributed by atoms with Crippen LogP contribution in [0.4, 0.5) is 4.39 Å². The molecule has 104 valence electrons. The van der Waals surface area contributed by atoms with Crippen LogP contribution < -0.4 is 11.3 Å². The highest BCUT2D eigenvalue weighted by Gasteiger charge is 2.29. The van der Waals surface area contributed by atoms with Gasteiger partial charge in [0, 0.05) is 12.0 Å². The van der Waals surface area contributed by atoms with Gasteiger partial charge in [0.25, 0.3) is 0 Å². The molecule has 0 fully saturated rings. The lowest BCUT2D eigenvalue weighted by atomic mass is 9.89. The van der Waals surface area contributed by atoms with E-state index in [9.17, 15) is 4.39 Å². The van der Waals surface area contributed by atoms with Crippen LogP contribution in [0.3, 0.4) is 0 Å². The molecule has 2 aromatic carbocycles. The summed E-state index contributed by atoms with van der Waals surface area (Å²) in [6.45, 7) is 0. The molecular formula is C17H19FN2. The van der Waals surface area contributed by atoms with E-state index in [1.807, 2.05) is 12.1 Å². The van der Waals surface area contributed by atoms with Crippen LogP contribution in [0.25, 0.3) is 0 Å². The van der Waals surface area contributed by atoms with Crippen LogP contribution in [0.2, 0.25) is 0 Å². The van der Waals surface area contributed by atoms with Crippen molar-refractivity contribution in [1.82, 2.24) is 5.43 Å². The molecule has 1 aliphatic carbocycles. The summed E-state index contributed by atoms with van der Waals surface area (Å²) in [7, 11) is 0. The minimum absolute atomic E-state index is 0.0653. The fourth-order valence-corrected chi connectivity index (χ4v) is 3.23. The molecule has 2 atom stereocenters. The topological polar surface area (TPSA) is 38.0 Å². The second-order valence-electron chi connectivity index (χ2n) is 5.41. The number of hydrogen-bond acceptors (Lipinski definition) is 2. The van der Waals surface area contributed by atoms with Crippen molar-refractivity contribution in [2.24, 2.45) is 5.84 Å². The Morgan fingerprint density at radius 2 is 1.90 bits per heavy atom. The third kappa shape index (κ3) is 2.47. The molecule has 3 rings (SSSR count). The highest BCUT2D eigenvalue weighted by molar-refractivity contribution is 5.36. The largest absolute Gasteiger partial charge is 0.271 e. The van der Waals surface area contributed by atoms with Gasteiger partial charge in [0.05, 0.1) is 0 Å². The smallest absolute Gasteiger partial charge is 0.126 e. The van der Waals surface area contributed by atoms with E-state index in [2.05, 4.69) is 29.7 Å². The molecule has 0 spiro atoms. The molecule has 0 saturated carbocycles. The van der Waals surface area contributed by atoms with Gasteiger partial charge in [-0.05, 0) is 42.0 Å². The Bertz CT molecular complexity index is 597. The third-order valence-corrected chi connectivity index (χ3v) is 4.28. The lowest BCUT2D eigenvalue weighted by Crippen LogP contribution is -2.41. The van der Waals surface area contributed by atoms with Crippen LogP contribution >= 0.6 is 0 Å². The molecule has 2 unspecified atom stereocenters. The van der Waals surface area contributed by atoms with Gasteiger partial charge in [0.2, 0.25) is 0 Å². The maximum atomic E-state index is 13.8. The molecule has 0 heterocycles. The highest BCUT2D eigenvalue weighted by Crippen LogP contribution is 2.36. The molecule has 2 nitrogen and oxygen atoms in total. The SMILES string of the molecule is NNC(Cc1ccccc1F)C1CCc2ccccc21. The molecule has 0 aliphatic heterocycles. The zero-order valence-electron chi connectivity index (χ0n) is 11.4. The van der Waals surface area contributed by atoms with E-state index in [1.54, 1.807) is 6.07 Å². The Morgan fingerprint density at radius 3 is 2.70 bits per heavy atom. The number of nitrogens with two attached hydrogens (primary N) is 1. The lowest BCUT2D eigenvalue weighted by Gasteiger charge is -2.24. The van der Waals surface area contributed by atoms with Gasteiger partial charge in [0.15, 0.2) is 0 Å². The Morgan fingerprint density at radius 1 is 1.15 bits per heavy atom. The summed E-state index contributed by atoms with van der Waals surface area (Å²) in [5.41, 5.74) is 6.36. The van der Waals surface area contributed by atoms with E-state index in [0.29, 0.717) is 12.3 Å². The molecule has 2 aromatic rings. The summed E-state index contributed by atoms with van der Waals surface area (Å²) in [6.07, 6.45) is 2.77.